The molecule has 3 heterocycles. The number of likely N-dealkylation sites (tertiary alicyclic amines) is 1. The normalized spacial score (nSPS) is 21.1. The third kappa shape index (κ3) is 5.25. The second kappa shape index (κ2) is 8.51. The molecule has 1 aromatic heterocycles. The van der Waals surface area contributed by atoms with Gasteiger partial charge >= 0.3 is 12.1 Å². The molecule has 2 aliphatic heterocycles. The average Bonchev–Trinajstić information content (AvgIpc) is 3.05. The molecule has 0 spiro atoms. The smallest absolute Gasteiger partial charge is 0.410 e. The number of aromatic nitrogens is 2. The van der Waals surface area contributed by atoms with Gasteiger partial charge in [0.1, 0.15) is 18.0 Å². The summed E-state index contributed by atoms with van der Waals surface area (Å²) in [5.41, 5.74) is 0.535. The Morgan fingerprint density at radius 3 is 2.54 bits per heavy atom. The van der Waals surface area contributed by atoms with Crippen LogP contribution in [0.2, 0.25) is 0 Å². The highest BCUT2D eigenvalue weighted by Gasteiger charge is 2.27. The number of anilines is 1. The van der Waals surface area contributed by atoms with Crippen molar-refractivity contribution >= 4 is 11.9 Å². The van der Waals surface area contributed by atoms with Crippen molar-refractivity contribution in [2.24, 2.45) is 0 Å². The van der Waals surface area contributed by atoms with E-state index in [1.165, 1.54) is 6.42 Å². The lowest BCUT2D eigenvalue weighted by atomic mass is 10.2. The first kappa shape index (κ1) is 20.6. The minimum Gasteiger partial charge on any atom is -0.462 e. The molecular weight excluding hydrogens is 358 g/mol. The molecule has 0 aromatic carbocycles. The quantitative estimate of drug-likeness (QED) is 0.780. The van der Waals surface area contributed by atoms with Gasteiger partial charge in [-0.1, -0.05) is 0 Å². The maximum absolute atomic E-state index is 12.3. The molecule has 0 aliphatic carbocycles. The number of carbonyl (C=O) groups is 1. The SMILES string of the molecule is Cc1cnc(OC[C@@H]2CCCN2C)nc1N1CCN(C(=O)OC(C)(C)C)CC1. The van der Waals surface area contributed by atoms with Crippen molar-refractivity contribution in [3.8, 4) is 6.01 Å². The molecule has 0 radical (unpaired) electrons. The number of amides is 1. The Kier molecular flexibility index (Phi) is 6.27. The first-order valence-electron chi connectivity index (χ1n) is 10.1. The van der Waals surface area contributed by atoms with E-state index in [1.54, 1.807) is 4.90 Å². The molecule has 8 heteroatoms. The predicted molar refractivity (Wildman–Crippen MR) is 108 cm³/mol. The Morgan fingerprint density at radius 2 is 1.93 bits per heavy atom. The third-order valence-electron chi connectivity index (χ3n) is 5.23. The number of ether oxygens (including phenoxy) is 2. The van der Waals surface area contributed by atoms with Gasteiger partial charge in [-0.3, -0.25) is 0 Å². The maximum Gasteiger partial charge on any atom is 0.410 e. The summed E-state index contributed by atoms with van der Waals surface area (Å²) in [5.74, 6) is 0.883. The molecular formula is C20H33N5O3. The van der Waals surface area contributed by atoms with Crippen LogP contribution in [-0.2, 0) is 4.74 Å². The maximum atomic E-state index is 12.3. The van der Waals surface area contributed by atoms with Crippen molar-refractivity contribution < 1.29 is 14.3 Å². The zero-order chi connectivity index (χ0) is 20.3. The second-order valence-corrected chi connectivity index (χ2v) is 8.70. The summed E-state index contributed by atoms with van der Waals surface area (Å²) in [4.78, 5) is 27.5. The van der Waals surface area contributed by atoms with Crippen LogP contribution in [0.1, 0.15) is 39.2 Å². The van der Waals surface area contributed by atoms with Crippen molar-refractivity contribution in [2.75, 3.05) is 51.3 Å². The highest BCUT2D eigenvalue weighted by atomic mass is 16.6. The van der Waals surface area contributed by atoms with Crippen molar-refractivity contribution in [1.29, 1.82) is 0 Å². The molecule has 0 unspecified atom stereocenters. The van der Waals surface area contributed by atoms with Gasteiger partial charge in [0, 0.05) is 44.0 Å². The standard InChI is InChI=1S/C20H33N5O3/c1-15-13-21-18(27-14-16-7-6-8-23(16)5)22-17(15)24-9-11-25(12-10-24)19(26)28-20(2,3)4/h13,16H,6-12,14H2,1-5H3/t16-/m0/s1. The minimum absolute atomic E-state index is 0.253. The summed E-state index contributed by atoms with van der Waals surface area (Å²) in [7, 11) is 2.13. The van der Waals surface area contributed by atoms with Crippen LogP contribution < -0.4 is 9.64 Å². The van der Waals surface area contributed by atoms with E-state index in [4.69, 9.17) is 9.47 Å². The van der Waals surface area contributed by atoms with E-state index in [9.17, 15) is 4.79 Å². The molecule has 2 fully saturated rings. The molecule has 28 heavy (non-hydrogen) atoms. The fraction of sp³-hybridized carbons (Fsp3) is 0.750. The predicted octanol–water partition coefficient (Wildman–Crippen LogP) is 2.32. The first-order valence-corrected chi connectivity index (χ1v) is 10.1. The van der Waals surface area contributed by atoms with Crippen molar-refractivity contribution in [3.63, 3.8) is 0 Å². The summed E-state index contributed by atoms with van der Waals surface area (Å²) in [6.07, 6.45) is 3.93. The number of carbonyl (C=O) groups excluding carboxylic acids is 1. The van der Waals surface area contributed by atoms with E-state index in [0.29, 0.717) is 44.8 Å². The van der Waals surface area contributed by atoms with Crippen LogP contribution in [-0.4, -0.2) is 83.9 Å². The molecule has 156 valence electrons. The number of hydrogen-bond donors (Lipinski definition) is 0. The van der Waals surface area contributed by atoms with Gasteiger partial charge in [-0.05, 0) is 54.1 Å². The van der Waals surface area contributed by atoms with E-state index in [2.05, 4.69) is 26.8 Å². The summed E-state index contributed by atoms with van der Waals surface area (Å²) in [6, 6.07) is 0.862. The van der Waals surface area contributed by atoms with Crippen LogP contribution in [0.15, 0.2) is 6.20 Å². The van der Waals surface area contributed by atoms with Gasteiger partial charge in [-0.25, -0.2) is 9.78 Å². The van der Waals surface area contributed by atoms with Crippen molar-refractivity contribution in [1.82, 2.24) is 19.8 Å². The van der Waals surface area contributed by atoms with Crippen molar-refractivity contribution in [3.05, 3.63) is 11.8 Å². The number of likely N-dealkylation sites (N-methyl/N-ethyl adjacent to an activating group) is 1. The van der Waals surface area contributed by atoms with Gasteiger partial charge in [-0.15, -0.1) is 0 Å². The zero-order valence-corrected chi connectivity index (χ0v) is 17.8. The fourth-order valence-electron chi connectivity index (χ4n) is 3.59. The number of piperazine rings is 1. The van der Waals surface area contributed by atoms with Crippen molar-refractivity contribution in [2.45, 2.75) is 52.2 Å². The number of nitrogens with zero attached hydrogens (tertiary/aromatic N) is 5. The van der Waals surface area contributed by atoms with Crippen LogP contribution in [0.3, 0.4) is 0 Å². The van der Waals surface area contributed by atoms with Gasteiger partial charge in [-0.2, -0.15) is 4.98 Å². The summed E-state index contributed by atoms with van der Waals surface area (Å²) >= 11 is 0. The molecule has 8 nitrogen and oxygen atoms in total. The second-order valence-electron chi connectivity index (χ2n) is 8.70. The van der Waals surface area contributed by atoms with Crippen LogP contribution in [0, 0.1) is 6.92 Å². The Morgan fingerprint density at radius 1 is 1.21 bits per heavy atom. The monoisotopic (exact) mass is 391 g/mol. The van der Waals surface area contributed by atoms with E-state index in [0.717, 1.165) is 24.3 Å². The highest BCUT2D eigenvalue weighted by Crippen LogP contribution is 2.22. The Hall–Kier alpha value is -2.09. The summed E-state index contributed by atoms with van der Waals surface area (Å²) in [5, 5.41) is 0. The first-order chi connectivity index (χ1) is 13.2. The minimum atomic E-state index is -0.475. The molecule has 1 amide bonds. The molecule has 3 rings (SSSR count). The Balaban J connectivity index is 1.57. The van der Waals surface area contributed by atoms with Gasteiger partial charge < -0.3 is 24.2 Å². The van der Waals surface area contributed by atoms with E-state index < -0.39 is 5.60 Å². The fourth-order valence-corrected chi connectivity index (χ4v) is 3.59. The van der Waals surface area contributed by atoms with Gasteiger partial charge in [0.25, 0.3) is 0 Å². The molecule has 0 bridgehead atoms. The van der Waals surface area contributed by atoms with Crippen LogP contribution in [0.5, 0.6) is 6.01 Å². The molecule has 0 saturated carbocycles. The zero-order valence-electron chi connectivity index (χ0n) is 17.8. The molecule has 1 atom stereocenters. The van der Waals surface area contributed by atoms with Gasteiger partial charge in [0.2, 0.25) is 0 Å². The molecule has 1 aromatic rings. The van der Waals surface area contributed by atoms with Crippen LogP contribution in [0.4, 0.5) is 10.6 Å². The van der Waals surface area contributed by atoms with E-state index >= 15 is 0 Å². The van der Waals surface area contributed by atoms with E-state index in [-0.39, 0.29) is 6.09 Å². The highest BCUT2D eigenvalue weighted by molar-refractivity contribution is 5.68. The molecule has 2 aliphatic rings. The van der Waals surface area contributed by atoms with Gasteiger partial charge in [0.15, 0.2) is 0 Å². The average molecular weight is 392 g/mol. The third-order valence-corrected chi connectivity index (χ3v) is 5.23. The largest absolute Gasteiger partial charge is 0.462 e. The van der Waals surface area contributed by atoms with E-state index in [1.807, 2.05) is 33.9 Å². The molecule has 2 saturated heterocycles. The lowest BCUT2D eigenvalue weighted by molar-refractivity contribution is 0.0240. The van der Waals surface area contributed by atoms with Gasteiger partial charge in [0.05, 0.1) is 0 Å². The topological polar surface area (TPSA) is 71.0 Å². The van der Waals surface area contributed by atoms with Crippen LogP contribution in [0.25, 0.3) is 0 Å². The Bertz CT molecular complexity index is 683. The summed E-state index contributed by atoms with van der Waals surface area (Å²) < 4.78 is 11.4. The lowest BCUT2D eigenvalue weighted by Crippen LogP contribution is -2.50. The number of rotatable bonds is 4. The number of hydrogen-bond acceptors (Lipinski definition) is 7. The Labute approximate surface area is 167 Å². The lowest BCUT2D eigenvalue weighted by Gasteiger charge is -2.36. The number of aryl methyl sites for hydroxylation is 1. The molecule has 0 N–H and O–H groups in total. The van der Waals surface area contributed by atoms with Crippen LogP contribution >= 0.6 is 0 Å². The summed E-state index contributed by atoms with van der Waals surface area (Å²) in [6.45, 7) is 12.0.